The van der Waals surface area contributed by atoms with Gasteiger partial charge in [-0.25, -0.2) is 4.98 Å². The molecule has 3 heterocycles. The van der Waals surface area contributed by atoms with Crippen LogP contribution in [0.2, 0.25) is 0 Å². The highest BCUT2D eigenvalue weighted by Gasteiger charge is 2.44. The van der Waals surface area contributed by atoms with E-state index in [9.17, 15) is 29.3 Å². The molecule has 5 rings (SSSR count). The van der Waals surface area contributed by atoms with E-state index in [1.807, 2.05) is 0 Å². The van der Waals surface area contributed by atoms with Gasteiger partial charge in [-0.15, -0.1) is 0 Å². The van der Waals surface area contributed by atoms with Gasteiger partial charge in [0.05, 0.1) is 22.7 Å². The number of ether oxygens (including phenoxy) is 2. The van der Waals surface area contributed by atoms with E-state index in [2.05, 4.69) is 15.6 Å². The van der Waals surface area contributed by atoms with Crippen LogP contribution in [0.25, 0.3) is 0 Å². The van der Waals surface area contributed by atoms with Crippen molar-refractivity contribution in [3.05, 3.63) is 57.8 Å². The number of carbonyl (C=O) groups excluding carboxylic acids is 4. The van der Waals surface area contributed by atoms with Crippen LogP contribution in [-0.4, -0.2) is 69.8 Å². The zero-order chi connectivity index (χ0) is 27.5. The van der Waals surface area contributed by atoms with Gasteiger partial charge in [0.2, 0.25) is 17.7 Å². The van der Waals surface area contributed by atoms with Crippen molar-refractivity contribution in [1.82, 2.24) is 20.5 Å². The van der Waals surface area contributed by atoms with Crippen LogP contribution in [0.5, 0.6) is 11.6 Å². The molecule has 2 N–H and O–H groups in total. The second-order valence-electron chi connectivity index (χ2n) is 9.68. The van der Waals surface area contributed by atoms with Crippen LogP contribution in [0.1, 0.15) is 59.2 Å². The number of hydrogen-bond acceptors (Lipinski definition) is 10. The van der Waals surface area contributed by atoms with E-state index in [1.54, 1.807) is 18.2 Å². The highest BCUT2D eigenvalue weighted by Crippen LogP contribution is 2.32. The summed E-state index contributed by atoms with van der Waals surface area (Å²) in [5, 5.41) is 16.3. The zero-order valence-electron chi connectivity index (χ0n) is 21.0. The maximum atomic E-state index is 13.0. The van der Waals surface area contributed by atoms with Crippen LogP contribution < -0.4 is 20.1 Å². The minimum Gasteiger partial charge on any atom is -0.490 e. The number of amides is 4. The SMILES string of the molecule is O=C1CCC(N2C(=O)c3ccc(OC4CC(NCCCCOc5ccc([N+](=O)[O-])cn5)C4)cc3C2=O)C(=O)N1. The summed E-state index contributed by atoms with van der Waals surface area (Å²) in [5.74, 6) is -1.31. The van der Waals surface area contributed by atoms with Gasteiger partial charge < -0.3 is 14.8 Å². The topological polar surface area (TPSA) is 170 Å². The molecule has 1 aliphatic carbocycles. The molecule has 0 spiro atoms. The lowest BCUT2D eigenvalue weighted by molar-refractivity contribution is -0.385. The van der Waals surface area contributed by atoms with E-state index in [4.69, 9.17) is 9.47 Å². The Labute approximate surface area is 223 Å². The van der Waals surface area contributed by atoms with Crippen molar-refractivity contribution in [2.24, 2.45) is 0 Å². The van der Waals surface area contributed by atoms with Gasteiger partial charge in [-0.3, -0.25) is 39.5 Å². The lowest BCUT2D eigenvalue weighted by Gasteiger charge is -2.36. The van der Waals surface area contributed by atoms with Gasteiger partial charge >= 0.3 is 0 Å². The fourth-order valence-electron chi connectivity index (χ4n) is 4.82. The average molecular weight is 538 g/mol. The summed E-state index contributed by atoms with van der Waals surface area (Å²) < 4.78 is 11.5. The second-order valence-corrected chi connectivity index (χ2v) is 9.68. The van der Waals surface area contributed by atoms with Gasteiger partial charge in [-0.2, -0.15) is 0 Å². The zero-order valence-corrected chi connectivity index (χ0v) is 21.0. The van der Waals surface area contributed by atoms with Crippen molar-refractivity contribution in [3.63, 3.8) is 0 Å². The van der Waals surface area contributed by atoms with Gasteiger partial charge in [0.25, 0.3) is 17.5 Å². The van der Waals surface area contributed by atoms with Crippen LogP contribution in [-0.2, 0) is 9.59 Å². The predicted molar refractivity (Wildman–Crippen MR) is 134 cm³/mol. The van der Waals surface area contributed by atoms with Crippen molar-refractivity contribution < 1.29 is 33.6 Å². The van der Waals surface area contributed by atoms with Crippen molar-refractivity contribution in [3.8, 4) is 11.6 Å². The first-order valence-electron chi connectivity index (χ1n) is 12.8. The third-order valence-electron chi connectivity index (χ3n) is 6.99. The molecule has 39 heavy (non-hydrogen) atoms. The Morgan fingerprint density at radius 1 is 1.08 bits per heavy atom. The molecular weight excluding hydrogens is 510 g/mol. The van der Waals surface area contributed by atoms with Crippen LogP contribution >= 0.6 is 0 Å². The number of unbranched alkanes of at least 4 members (excludes halogenated alkanes) is 1. The monoisotopic (exact) mass is 537 g/mol. The smallest absolute Gasteiger partial charge is 0.287 e. The van der Waals surface area contributed by atoms with E-state index in [0.717, 1.165) is 37.1 Å². The number of aromatic nitrogens is 1. The molecule has 13 nitrogen and oxygen atoms in total. The largest absolute Gasteiger partial charge is 0.490 e. The van der Waals surface area contributed by atoms with E-state index >= 15 is 0 Å². The first-order chi connectivity index (χ1) is 18.8. The van der Waals surface area contributed by atoms with Gasteiger partial charge in [0.15, 0.2) is 0 Å². The maximum absolute atomic E-state index is 13.0. The Kier molecular flexibility index (Phi) is 7.50. The lowest BCUT2D eigenvalue weighted by Crippen LogP contribution is -2.54. The molecule has 0 radical (unpaired) electrons. The van der Waals surface area contributed by atoms with Gasteiger partial charge in [-0.05, 0) is 56.8 Å². The number of fused-ring (bicyclic) bond motifs is 1. The Balaban J connectivity index is 1.02. The van der Waals surface area contributed by atoms with Gasteiger partial charge in [0.1, 0.15) is 24.1 Å². The third-order valence-corrected chi connectivity index (χ3v) is 6.99. The quantitative estimate of drug-likeness (QED) is 0.186. The third kappa shape index (κ3) is 5.72. The highest BCUT2D eigenvalue weighted by molar-refractivity contribution is 6.23. The number of nitrogens with zero attached hydrogens (tertiary/aromatic N) is 3. The number of carbonyl (C=O) groups is 4. The molecule has 1 aromatic heterocycles. The molecule has 2 fully saturated rings. The van der Waals surface area contributed by atoms with Crippen molar-refractivity contribution in [1.29, 1.82) is 0 Å². The first kappa shape index (κ1) is 26.2. The number of nitro groups is 1. The summed E-state index contributed by atoms with van der Waals surface area (Å²) in [4.78, 5) is 64.4. The van der Waals surface area contributed by atoms with E-state index in [-0.39, 0.29) is 35.8 Å². The average Bonchev–Trinajstić information content (AvgIpc) is 3.13. The minimum absolute atomic E-state index is 0.0180. The number of pyridine rings is 1. The van der Waals surface area contributed by atoms with Gasteiger partial charge in [0, 0.05) is 24.6 Å². The fourth-order valence-corrected chi connectivity index (χ4v) is 4.82. The Bertz CT molecular complexity index is 1310. The molecule has 13 heteroatoms. The van der Waals surface area contributed by atoms with Crippen molar-refractivity contribution in [2.45, 2.75) is 56.7 Å². The number of imide groups is 2. The minimum atomic E-state index is -0.997. The summed E-state index contributed by atoms with van der Waals surface area (Å²) in [6.45, 7) is 1.27. The summed E-state index contributed by atoms with van der Waals surface area (Å²) in [6, 6.07) is 6.89. The molecule has 1 unspecified atom stereocenters. The fraction of sp³-hybridized carbons (Fsp3) is 0.423. The van der Waals surface area contributed by atoms with E-state index in [1.165, 1.54) is 18.3 Å². The Morgan fingerprint density at radius 2 is 1.87 bits per heavy atom. The molecule has 3 aliphatic rings. The number of rotatable bonds is 11. The molecular formula is C26H27N5O8. The summed E-state index contributed by atoms with van der Waals surface area (Å²) in [5.41, 5.74) is 0.339. The normalized spacial score (nSPS) is 22.3. The van der Waals surface area contributed by atoms with Crippen LogP contribution in [0, 0.1) is 10.1 Å². The van der Waals surface area contributed by atoms with Crippen molar-refractivity contribution >= 4 is 29.3 Å². The van der Waals surface area contributed by atoms with E-state index in [0.29, 0.717) is 24.3 Å². The maximum Gasteiger partial charge on any atom is 0.287 e. The highest BCUT2D eigenvalue weighted by atomic mass is 16.6. The van der Waals surface area contributed by atoms with Crippen LogP contribution in [0.3, 0.4) is 0 Å². The molecule has 1 saturated carbocycles. The molecule has 1 saturated heterocycles. The summed E-state index contributed by atoms with van der Waals surface area (Å²) in [6.07, 6.45) is 4.63. The predicted octanol–water partition coefficient (Wildman–Crippen LogP) is 1.75. The molecule has 1 aromatic carbocycles. The number of hydrogen-bond donors (Lipinski definition) is 2. The van der Waals surface area contributed by atoms with E-state index < -0.39 is 34.6 Å². The molecule has 1 atom stereocenters. The number of benzene rings is 1. The van der Waals surface area contributed by atoms with Crippen LogP contribution in [0.15, 0.2) is 36.5 Å². The molecule has 2 aromatic rings. The summed E-state index contributed by atoms with van der Waals surface area (Å²) >= 11 is 0. The molecule has 0 bridgehead atoms. The lowest BCUT2D eigenvalue weighted by atomic mass is 9.89. The van der Waals surface area contributed by atoms with Crippen molar-refractivity contribution in [2.75, 3.05) is 13.2 Å². The van der Waals surface area contributed by atoms with Gasteiger partial charge in [-0.1, -0.05) is 0 Å². The molecule has 4 amide bonds. The van der Waals surface area contributed by atoms with Crippen LogP contribution in [0.4, 0.5) is 5.69 Å². The molecule has 204 valence electrons. The first-order valence-corrected chi connectivity index (χ1v) is 12.8. The standard InChI is InChI=1S/C26H27N5O8/c32-22-7-6-21(24(33)29-22)30-25(34)19-5-4-17(13-20(19)26(30)35)39-18-11-15(12-18)27-9-1-2-10-38-23-8-3-16(14-28-23)31(36)37/h3-5,8,13-15,18,21,27H,1-2,6-7,9-12H2,(H,29,32,33). The Hall–Kier alpha value is -4.39. The number of nitrogens with one attached hydrogen (secondary N) is 2. The second kappa shape index (κ2) is 11.2. The number of piperidine rings is 1. The summed E-state index contributed by atoms with van der Waals surface area (Å²) in [7, 11) is 0. The Morgan fingerprint density at radius 3 is 2.59 bits per heavy atom. The molecule has 2 aliphatic heterocycles.